The molecular formula is C6H14O3. The topological polar surface area (TPSA) is 46.5 Å². The molecule has 3 heteroatoms. The highest BCUT2D eigenvalue weighted by atomic mass is 16.5. The lowest BCUT2D eigenvalue weighted by Crippen LogP contribution is -1.84. The average molecular weight is 134 g/mol. The summed E-state index contributed by atoms with van der Waals surface area (Å²) in [7, 11) is 0. The van der Waals surface area contributed by atoms with Crippen molar-refractivity contribution in [2.45, 2.75) is 13.8 Å². The van der Waals surface area contributed by atoms with Gasteiger partial charge < -0.3 is 14.6 Å². The number of aldehydes is 1. The van der Waals surface area contributed by atoms with Crippen LogP contribution >= 0.6 is 0 Å². The maximum absolute atomic E-state index is 8.92. The van der Waals surface area contributed by atoms with E-state index in [1.807, 2.05) is 13.8 Å². The van der Waals surface area contributed by atoms with Gasteiger partial charge in [0.25, 0.3) is 0 Å². The van der Waals surface area contributed by atoms with Crippen molar-refractivity contribution in [2.24, 2.45) is 0 Å². The minimum Gasteiger partial charge on any atom is -0.389 e. The second-order valence-electron chi connectivity index (χ2n) is 1.13. The van der Waals surface area contributed by atoms with Gasteiger partial charge >= 0.3 is 0 Å². The van der Waals surface area contributed by atoms with Crippen LogP contribution in [0.25, 0.3) is 0 Å². The van der Waals surface area contributed by atoms with Crippen LogP contribution in [0.15, 0.2) is 0 Å². The smallest absolute Gasteiger partial charge is 0.145 e. The summed E-state index contributed by atoms with van der Waals surface area (Å²) in [5.41, 5.74) is 0. The van der Waals surface area contributed by atoms with Crippen LogP contribution in [0.5, 0.6) is 0 Å². The number of carbonyl (C=O) groups is 1. The van der Waals surface area contributed by atoms with Crippen molar-refractivity contribution < 1.29 is 14.6 Å². The molecule has 0 aliphatic heterocycles. The van der Waals surface area contributed by atoms with Gasteiger partial charge in [0.15, 0.2) is 0 Å². The third kappa shape index (κ3) is 35.4. The summed E-state index contributed by atoms with van der Waals surface area (Å²) in [5.74, 6) is 0. The summed E-state index contributed by atoms with van der Waals surface area (Å²) in [6.07, 6.45) is 0.431. The van der Waals surface area contributed by atoms with Crippen LogP contribution in [0.2, 0.25) is 0 Å². The molecule has 0 spiro atoms. The van der Waals surface area contributed by atoms with Crippen LogP contribution in [0, 0.1) is 0 Å². The van der Waals surface area contributed by atoms with E-state index in [0.717, 1.165) is 13.2 Å². The summed E-state index contributed by atoms with van der Waals surface area (Å²) in [6.45, 7) is 5.31. The van der Waals surface area contributed by atoms with Crippen LogP contribution in [0.4, 0.5) is 0 Å². The summed E-state index contributed by atoms with van der Waals surface area (Å²) < 4.78 is 4.83. The number of aliphatic hydroxyl groups excluding tert-OH is 1. The number of rotatable bonds is 3. The van der Waals surface area contributed by atoms with Gasteiger partial charge in [-0.05, 0) is 13.8 Å². The quantitative estimate of drug-likeness (QED) is 0.562. The number of hydrogen-bond donors (Lipinski definition) is 1. The molecule has 0 aliphatic rings. The van der Waals surface area contributed by atoms with Crippen molar-refractivity contribution in [2.75, 3.05) is 19.8 Å². The molecule has 0 aromatic heterocycles. The molecule has 0 atom stereocenters. The highest BCUT2D eigenvalue weighted by Crippen LogP contribution is 1.64. The Morgan fingerprint density at radius 2 is 1.78 bits per heavy atom. The van der Waals surface area contributed by atoms with Gasteiger partial charge in [0.2, 0.25) is 0 Å². The maximum atomic E-state index is 8.92. The van der Waals surface area contributed by atoms with Crippen molar-refractivity contribution in [1.82, 2.24) is 0 Å². The third-order valence-corrected chi connectivity index (χ3v) is 0.483. The minimum atomic E-state index is -0.361. The zero-order chi connectivity index (χ0) is 7.54. The molecule has 0 heterocycles. The predicted octanol–water partition coefficient (Wildman–Crippen LogP) is 0.220. The third-order valence-electron chi connectivity index (χ3n) is 0.483. The van der Waals surface area contributed by atoms with Gasteiger partial charge in [-0.1, -0.05) is 0 Å². The zero-order valence-corrected chi connectivity index (χ0v) is 5.96. The SMILES string of the molecule is CCOCC.O=CCO. The van der Waals surface area contributed by atoms with Gasteiger partial charge in [0.05, 0.1) is 6.61 Å². The Morgan fingerprint density at radius 1 is 1.44 bits per heavy atom. The highest BCUT2D eigenvalue weighted by Gasteiger charge is 1.64. The molecule has 0 saturated heterocycles. The summed E-state index contributed by atoms with van der Waals surface area (Å²) in [6, 6.07) is 0. The van der Waals surface area contributed by atoms with Gasteiger partial charge in [0, 0.05) is 13.2 Å². The van der Waals surface area contributed by atoms with Crippen LogP contribution in [0.1, 0.15) is 13.8 Å². The van der Waals surface area contributed by atoms with E-state index in [9.17, 15) is 0 Å². The van der Waals surface area contributed by atoms with Gasteiger partial charge in [-0.3, -0.25) is 0 Å². The molecule has 0 rings (SSSR count). The molecular weight excluding hydrogens is 120 g/mol. The Kier molecular flexibility index (Phi) is 19.8. The molecule has 0 unspecified atom stereocenters. The van der Waals surface area contributed by atoms with E-state index in [1.54, 1.807) is 0 Å². The maximum Gasteiger partial charge on any atom is 0.145 e. The summed E-state index contributed by atoms with van der Waals surface area (Å²) in [4.78, 5) is 8.92. The first kappa shape index (κ1) is 11.4. The van der Waals surface area contributed by atoms with Crippen molar-refractivity contribution in [1.29, 1.82) is 0 Å². The first-order valence-electron chi connectivity index (χ1n) is 2.95. The Bertz CT molecular complexity index is 43.6. The fraction of sp³-hybridized carbons (Fsp3) is 0.833. The predicted molar refractivity (Wildman–Crippen MR) is 35.3 cm³/mol. The van der Waals surface area contributed by atoms with E-state index in [4.69, 9.17) is 14.6 Å². The molecule has 0 bridgehead atoms. The molecule has 0 aromatic rings. The largest absolute Gasteiger partial charge is 0.389 e. The molecule has 0 aromatic carbocycles. The van der Waals surface area contributed by atoms with Crippen LogP contribution in [-0.2, 0) is 9.53 Å². The standard InChI is InChI=1S/C4H10O.C2H4O2/c1-3-5-4-2;3-1-2-4/h3-4H2,1-2H3;1,4H,2H2. The van der Waals surface area contributed by atoms with Crippen LogP contribution in [-0.4, -0.2) is 31.2 Å². The molecule has 9 heavy (non-hydrogen) atoms. The fourth-order valence-electron chi connectivity index (χ4n) is 0.204. The first-order chi connectivity index (χ1) is 4.33. The molecule has 0 fully saturated rings. The van der Waals surface area contributed by atoms with Gasteiger partial charge in [-0.25, -0.2) is 0 Å². The molecule has 0 saturated carbocycles. The molecule has 56 valence electrons. The number of ether oxygens (including phenoxy) is 1. The molecule has 0 radical (unpaired) electrons. The van der Waals surface area contributed by atoms with Gasteiger partial charge in [0.1, 0.15) is 6.29 Å². The normalized spacial score (nSPS) is 7.44. The monoisotopic (exact) mass is 134 g/mol. The fourth-order valence-corrected chi connectivity index (χ4v) is 0.204. The lowest BCUT2D eigenvalue weighted by molar-refractivity contribution is -0.110. The second kappa shape index (κ2) is 15.6. The van der Waals surface area contributed by atoms with Crippen molar-refractivity contribution in [3.8, 4) is 0 Å². The Balaban J connectivity index is 0. The Morgan fingerprint density at radius 3 is 1.78 bits per heavy atom. The highest BCUT2D eigenvalue weighted by molar-refractivity contribution is 5.49. The van der Waals surface area contributed by atoms with E-state index in [-0.39, 0.29) is 6.61 Å². The Hall–Kier alpha value is -0.410. The van der Waals surface area contributed by atoms with Gasteiger partial charge in [-0.15, -0.1) is 0 Å². The molecule has 0 aliphatic carbocycles. The van der Waals surface area contributed by atoms with Crippen molar-refractivity contribution >= 4 is 6.29 Å². The lowest BCUT2D eigenvalue weighted by atomic mass is 10.8. The van der Waals surface area contributed by atoms with Crippen molar-refractivity contribution in [3.63, 3.8) is 0 Å². The van der Waals surface area contributed by atoms with E-state index >= 15 is 0 Å². The summed E-state index contributed by atoms with van der Waals surface area (Å²) >= 11 is 0. The average Bonchev–Trinajstić information content (AvgIpc) is 1.91. The van der Waals surface area contributed by atoms with Gasteiger partial charge in [-0.2, -0.15) is 0 Å². The zero-order valence-electron chi connectivity index (χ0n) is 5.96. The number of hydrogen-bond acceptors (Lipinski definition) is 3. The molecule has 3 nitrogen and oxygen atoms in total. The Labute approximate surface area is 55.6 Å². The van der Waals surface area contributed by atoms with E-state index in [0.29, 0.717) is 6.29 Å². The number of aliphatic hydroxyl groups is 1. The van der Waals surface area contributed by atoms with Crippen molar-refractivity contribution in [3.05, 3.63) is 0 Å². The second-order valence-corrected chi connectivity index (χ2v) is 1.13. The number of carbonyl (C=O) groups excluding carboxylic acids is 1. The summed E-state index contributed by atoms with van der Waals surface area (Å²) in [5, 5.41) is 7.51. The molecule has 1 N–H and O–H groups in total. The van der Waals surface area contributed by atoms with E-state index in [1.165, 1.54) is 0 Å². The lowest BCUT2D eigenvalue weighted by Gasteiger charge is -1.86. The van der Waals surface area contributed by atoms with E-state index < -0.39 is 0 Å². The first-order valence-corrected chi connectivity index (χ1v) is 2.95. The molecule has 0 amide bonds. The van der Waals surface area contributed by atoms with Crippen LogP contribution < -0.4 is 0 Å². The van der Waals surface area contributed by atoms with Crippen LogP contribution in [0.3, 0.4) is 0 Å². The minimum absolute atomic E-state index is 0.361. The van der Waals surface area contributed by atoms with E-state index in [2.05, 4.69) is 0 Å².